The van der Waals surface area contributed by atoms with Crippen LogP contribution in [0.5, 0.6) is 0 Å². The molecule has 1 aromatic carbocycles. The predicted molar refractivity (Wildman–Crippen MR) is 79.1 cm³/mol. The van der Waals surface area contributed by atoms with Gasteiger partial charge in [-0.2, -0.15) is 0 Å². The van der Waals surface area contributed by atoms with Gasteiger partial charge < -0.3 is 4.74 Å². The van der Waals surface area contributed by atoms with Crippen LogP contribution in [0.25, 0.3) is 0 Å². The lowest BCUT2D eigenvalue weighted by Gasteiger charge is -2.27. The van der Waals surface area contributed by atoms with Gasteiger partial charge in [0.1, 0.15) is 5.60 Å². The van der Waals surface area contributed by atoms with Crippen molar-refractivity contribution >= 4 is 17.5 Å². The highest BCUT2D eigenvalue weighted by molar-refractivity contribution is 5.95. The maximum atomic E-state index is 12.4. The summed E-state index contributed by atoms with van der Waals surface area (Å²) in [6.07, 6.45) is 2.88. The first-order chi connectivity index (χ1) is 9.47. The van der Waals surface area contributed by atoms with Crippen LogP contribution in [0, 0.1) is 0 Å². The maximum absolute atomic E-state index is 12.4. The summed E-state index contributed by atoms with van der Waals surface area (Å²) < 4.78 is 5.47. The number of para-hydroxylation sites is 1. The Morgan fingerprint density at radius 1 is 1.05 bits per heavy atom. The molecular weight excluding hydrogens is 252 g/mol. The zero-order valence-corrected chi connectivity index (χ0v) is 11.9. The first kappa shape index (κ1) is 14.1. The number of pyridine rings is 1. The van der Waals surface area contributed by atoms with E-state index in [4.69, 9.17) is 4.74 Å². The first-order valence-electron chi connectivity index (χ1n) is 6.45. The average molecular weight is 270 g/mol. The number of anilines is 2. The van der Waals surface area contributed by atoms with E-state index in [1.165, 1.54) is 4.90 Å². The van der Waals surface area contributed by atoms with Crippen LogP contribution < -0.4 is 4.90 Å². The Bertz CT molecular complexity index is 523. The minimum absolute atomic E-state index is 0.420. The quantitative estimate of drug-likeness (QED) is 0.823. The molecule has 0 fully saturated rings. The predicted octanol–water partition coefficient (Wildman–Crippen LogP) is 4.15. The van der Waals surface area contributed by atoms with Gasteiger partial charge in [0.25, 0.3) is 0 Å². The fourth-order valence-corrected chi connectivity index (χ4v) is 1.73. The van der Waals surface area contributed by atoms with Crippen molar-refractivity contribution in [2.24, 2.45) is 0 Å². The molecule has 0 unspecified atom stereocenters. The third-order valence-corrected chi connectivity index (χ3v) is 2.49. The number of ether oxygens (including phenoxy) is 1. The van der Waals surface area contributed by atoms with Crippen LogP contribution in [-0.2, 0) is 4.74 Å². The van der Waals surface area contributed by atoms with Crippen molar-refractivity contribution in [3.63, 3.8) is 0 Å². The number of carbonyl (C=O) groups excluding carboxylic acids is 1. The molecule has 0 saturated heterocycles. The van der Waals surface area contributed by atoms with E-state index in [2.05, 4.69) is 4.98 Å². The minimum atomic E-state index is -0.549. The molecule has 2 aromatic rings. The molecule has 2 rings (SSSR count). The summed E-state index contributed by atoms with van der Waals surface area (Å²) in [5.41, 5.74) is 0.870. The van der Waals surface area contributed by atoms with Crippen molar-refractivity contribution < 1.29 is 9.53 Å². The van der Waals surface area contributed by atoms with Gasteiger partial charge in [-0.1, -0.05) is 18.2 Å². The van der Waals surface area contributed by atoms with Crippen LogP contribution in [0.3, 0.4) is 0 Å². The van der Waals surface area contributed by atoms with Crippen LogP contribution in [0.1, 0.15) is 20.8 Å². The van der Waals surface area contributed by atoms with E-state index in [9.17, 15) is 4.79 Å². The van der Waals surface area contributed by atoms with Crippen molar-refractivity contribution in [2.45, 2.75) is 26.4 Å². The molecule has 104 valence electrons. The van der Waals surface area contributed by atoms with E-state index in [0.717, 1.165) is 5.69 Å². The summed E-state index contributed by atoms with van der Waals surface area (Å²) in [5.74, 6) is 0. The Morgan fingerprint density at radius 3 is 2.25 bits per heavy atom. The van der Waals surface area contributed by atoms with Crippen molar-refractivity contribution in [1.29, 1.82) is 0 Å². The van der Waals surface area contributed by atoms with Crippen LogP contribution in [0.15, 0.2) is 54.9 Å². The molecule has 1 heterocycles. The van der Waals surface area contributed by atoms with Gasteiger partial charge in [0.05, 0.1) is 17.6 Å². The largest absolute Gasteiger partial charge is 0.443 e. The van der Waals surface area contributed by atoms with Crippen LogP contribution in [-0.4, -0.2) is 16.7 Å². The molecular formula is C16H18N2O2. The Balaban J connectivity index is 2.38. The number of hydrogen-bond acceptors (Lipinski definition) is 3. The number of hydrogen-bond donors (Lipinski definition) is 0. The van der Waals surface area contributed by atoms with Gasteiger partial charge in [-0.3, -0.25) is 4.98 Å². The highest BCUT2D eigenvalue weighted by Crippen LogP contribution is 2.26. The molecule has 4 nitrogen and oxygen atoms in total. The SMILES string of the molecule is CC(C)(C)OC(=O)N(c1ccccc1)c1cccnc1. The summed E-state index contributed by atoms with van der Waals surface area (Å²) in [6.45, 7) is 5.53. The molecule has 0 N–H and O–H groups in total. The molecule has 0 bridgehead atoms. The van der Waals surface area contributed by atoms with Gasteiger partial charge in [0.15, 0.2) is 0 Å². The molecule has 1 aromatic heterocycles. The summed E-state index contributed by atoms with van der Waals surface area (Å²) in [7, 11) is 0. The number of carbonyl (C=O) groups is 1. The van der Waals surface area contributed by atoms with Gasteiger partial charge in [-0.05, 0) is 45.0 Å². The molecule has 4 heteroatoms. The maximum Gasteiger partial charge on any atom is 0.419 e. The zero-order chi connectivity index (χ0) is 14.6. The number of amides is 1. The van der Waals surface area contributed by atoms with Gasteiger partial charge in [0.2, 0.25) is 0 Å². The van der Waals surface area contributed by atoms with Crippen molar-refractivity contribution in [3.05, 3.63) is 54.9 Å². The molecule has 0 aliphatic carbocycles. The number of aromatic nitrogens is 1. The van der Waals surface area contributed by atoms with E-state index < -0.39 is 11.7 Å². The molecule has 20 heavy (non-hydrogen) atoms. The van der Waals surface area contributed by atoms with Crippen molar-refractivity contribution in [3.8, 4) is 0 Å². The highest BCUT2D eigenvalue weighted by Gasteiger charge is 2.24. The van der Waals surface area contributed by atoms with Gasteiger partial charge in [0, 0.05) is 6.20 Å². The lowest BCUT2D eigenvalue weighted by Crippen LogP contribution is -2.33. The van der Waals surface area contributed by atoms with E-state index in [0.29, 0.717) is 5.69 Å². The van der Waals surface area contributed by atoms with Crippen LogP contribution >= 0.6 is 0 Å². The van der Waals surface area contributed by atoms with Crippen LogP contribution in [0.4, 0.5) is 16.2 Å². The fraction of sp³-hybridized carbons (Fsp3) is 0.250. The van der Waals surface area contributed by atoms with Crippen molar-refractivity contribution in [1.82, 2.24) is 4.98 Å². The first-order valence-corrected chi connectivity index (χ1v) is 6.45. The second-order valence-corrected chi connectivity index (χ2v) is 5.36. The molecule has 0 aliphatic rings. The fourth-order valence-electron chi connectivity index (χ4n) is 1.73. The molecule has 0 radical (unpaired) electrons. The molecule has 1 amide bonds. The van der Waals surface area contributed by atoms with E-state index in [1.807, 2.05) is 57.2 Å². The Hall–Kier alpha value is -2.36. The molecule has 0 atom stereocenters. The van der Waals surface area contributed by atoms with E-state index >= 15 is 0 Å². The van der Waals surface area contributed by atoms with Crippen molar-refractivity contribution in [2.75, 3.05) is 4.90 Å². The Morgan fingerprint density at radius 2 is 1.70 bits per heavy atom. The lowest BCUT2D eigenvalue weighted by molar-refractivity contribution is 0.0599. The van der Waals surface area contributed by atoms with E-state index in [1.54, 1.807) is 18.5 Å². The Kier molecular flexibility index (Phi) is 4.03. The number of benzene rings is 1. The topological polar surface area (TPSA) is 42.4 Å². The highest BCUT2D eigenvalue weighted by atomic mass is 16.6. The van der Waals surface area contributed by atoms with E-state index in [-0.39, 0.29) is 0 Å². The lowest BCUT2D eigenvalue weighted by atomic mass is 10.2. The average Bonchev–Trinajstić information content (AvgIpc) is 2.39. The third-order valence-electron chi connectivity index (χ3n) is 2.49. The van der Waals surface area contributed by atoms with Gasteiger partial charge in [-0.15, -0.1) is 0 Å². The molecule has 0 aliphatic heterocycles. The monoisotopic (exact) mass is 270 g/mol. The normalized spacial score (nSPS) is 10.9. The minimum Gasteiger partial charge on any atom is -0.443 e. The molecule has 0 saturated carbocycles. The summed E-state index contributed by atoms with van der Waals surface area (Å²) in [5, 5.41) is 0. The second-order valence-electron chi connectivity index (χ2n) is 5.36. The molecule has 0 spiro atoms. The summed E-state index contributed by atoms with van der Waals surface area (Å²) >= 11 is 0. The number of nitrogens with zero attached hydrogens (tertiary/aromatic N) is 2. The third kappa shape index (κ3) is 3.57. The van der Waals surface area contributed by atoms with Gasteiger partial charge >= 0.3 is 6.09 Å². The van der Waals surface area contributed by atoms with Gasteiger partial charge in [-0.25, -0.2) is 9.69 Å². The second kappa shape index (κ2) is 5.74. The number of rotatable bonds is 2. The standard InChI is InChI=1S/C16H18N2O2/c1-16(2,3)20-15(19)18(13-8-5-4-6-9-13)14-10-7-11-17-12-14/h4-12H,1-3H3. The summed E-state index contributed by atoms with van der Waals surface area (Å²) in [4.78, 5) is 18.0. The Labute approximate surface area is 119 Å². The summed E-state index contributed by atoms with van der Waals surface area (Å²) in [6, 6.07) is 13.0. The van der Waals surface area contributed by atoms with Crippen LogP contribution in [0.2, 0.25) is 0 Å². The zero-order valence-electron chi connectivity index (χ0n) is 11.9. The smallest absolute Gasteiger partial charge is 0.419 e.